The van der Waals surface area contributed by atoms with Gasteiger partial charge in [-0.25, -0.2) is 9.59 Å². The van der Waals surface area contributed by atoms with Gasteiger partial charge in [0.25, 0.3) is 0 Å². The SMILES string of the molecule is CCN(C[C@H]1CCC[C@H](N)C1)C(C)Cc1ccc(-n2ccc(NC(=O)N3CCN(C(=O)C(C)(C)N)CC3)nc2=O)cc1.Cl. The first-order valence-corrected chi connectivity index (χ1v) is 15.3. The molecule has 2 aliphatic rings. The number of urea groups is 1. The van der Waals surface area contributed by atoms with E-state index in [1.165, 1.54) is 23.0 Å². The first kappa shape index (κ1) is 34.5. The van der Waals surface area contributed by atoms with Crippen molar-refractivity contribution in [2.24, 2.45) is 17.4 Å². The number of likely N-dealkylation sites (N-methyl/N-ethyl adjacent to an activating group) is 1. The zero-order valence-corrected chi connectivity index (χ0v) is 26.8. The molecule has 1 saturated carbocycles. The molecule has 12 heteroatoms. The Kier molecular flexibility index (Phi) is 12.1. The van der Waals surface area contributed by atoms with Crippen LogP contribution < -0.4 is 22.5 Å². The number of piperazine rings is 1. The highest BCUT2D eigenvalue weighted by molar-refractivity contribution is 5.89. The summed E-state index contributed by atoms with van der Waals surface area (Å²) in [6.45, 7) is 11.5. The van der Waals surface area contributed by atoms with Crippen molar-refractivity contribution < 1.29 is 9.59 Å². The molecule has 1 aliphatic carbocycles. The Balaban J connectivity index is 0.00000506. The molecule has 4 rings (SSSR count). The maximum atomic E-state index is 12.8. The van der Waals surface area contributed by atoms with E-state index in [1.54, 1.807) is 35.9 Å². The number of nitrogens with zero attached hydrogens (tertiary/aromatic N) is 5. The predicted molar refractivity (Wildman–Crippen MR) is 173 cm³/mol. The molecular weight excluding hydrogens is 568 g/mol. The normalized spacial score (nSPS) is 20.0. The molecule has 2 heterocycles. The Morgan fingerprint density at radius 2 is 1.74 bits per heavy atom. The van der Waals surface area contributed by atoms with Gasteiger partial charge in [-0.1, -0.05) is 25.5 Å². The van der Waals surface area contributed by atoms with E-state index in [-0.39, 0.29) is 30.2 Å². The summed E-state index contributed by atoms with van der Waals surface area (Å²) in [5.41, 5.74) is 12.6. The molecule has 1 aliphatic heterocycles. The zero-order chi connectivity index (χ0) is 30.4. The number of rotatable bonds is 9. The van der Waals surface area contributed by atoms with Gasteiger partial charge >= 0.3 is 11.7 Å². The number of carbonyl (C=O) groups excluding carboxylic acids is 2. The van der Waals surface area contributed by atoms with Crippen LogP contribution in [0.4, 0.5) is 10.6 Å². The van der Waals surface area contributed by atoms with Gasteiger partial charge in [-0.05, 0) is 82.7 Å². The van der Waals surface area contributed by atoms with Crippen LogP contribution in [0.1, 0.15) is 58.9 Å². The average Bonchev–Trinajstić information content (AvgIpc) is 2.95. The summed E-state index contributed by atoms with van der Waals surface area (Å²) in [5.74, 6) is 0.723. The number of hydrogen-bond acceptors (Lipinski definition) is 7. The highest BCUT2D eigenvalue weighted by Crippen LogP contribution is 2.25. The number of carbonyl (C=O) groups is 2. The standard InChI is InChI=1S/C31H48N8O3.ClH/c1-5-36(21-24-7-6-8-25(32)20-24)22(2)19-23-9-11-26(12-10-23)39-14-13-27(35-30(39)42)34-29(41)38-17-15-37(16-18-38)28(40)31(3,4)33;/h9-14,22,24-25H,5-8,15-21,32-33H2,1-4H3,(H,34,35,41,42);1H/t22?,24-,25-;/m0./s1. The predicted octanol–water partition coefficient (Wildman–Crippen LogP) is 2.84. The van der Waals surface area contributed by atoms with Gasteiger partial charge in [0.2, 0.25) is 5.91 Å². The second-order valence-electron chi connectivity index (χ2n) is 12.5. The summed E-state index contributed by atoms with van der Waals surface area (Å²) in [6.07, 6.45) is 7.32. The first-order chi connectivity index (χ1) is 19.9. The van der Waals surface area contributed by atoms with Crippen LogP contribution in [0, 0.1) is 5.92 Å². The quantitative estimate of drug-likeness (QED) is 0.393. The second kappa shape index (κ2) is 15.1. The van der Waals surface area contributed by atoms with Crippen LogP contribution in [0.25, 0.3) is 5.69 Å². The van der Waals surface area contributed by atoms with Crippen LogP contribution in [-0.4, -0.2) is 93.1 Å². The van der Waals surface area contributed by atoms with Gasteiger partial charge in [0.15, 0.2) is 0 Å². The third-order valence-corrected chi connectivity index (χ3v) is 8.54. The fourth-order valence-corrected chi connectivity index (χ4v) is 6.09. The van der Waals surface area contributed by atoms with Gasteiger partial charge in [-0.15, -0.1) is 12.4 Å². The summed E-state index contributed by atoms with van der Waals surface area (Å²) >= 11 is 0. The van der Waals surface area contributed by atoms with Gasteiger partial charge in [0.05, 0.1) is 11.2 Å². The number of aromatic nitrogens is 2. The van der Waals surface area contributed by atoms with Crippen molar-refractivity contribution in [1.29, 1.82) is 0 Å². The largest absolute Gasteiger partial charge is 0.354 e. The molecule has 0 bridgehead atoms. The Bertz CT molecular complexity index is 1270. The van der Waals surface area contributed by atoms with Crippen LogP contribution in [0.15, 0.2) is 41.3 Å². The van der Waals surface area contributed by atoms with Crippen LogP contribution in [-0.2, 0) is 11.2 Å². The molecule has 1 unspecified atom stereocenters. The lowest BCUT2D eigenvalue weighted by molar-refractivity contribution is -0.137. The van der Waals surface area contributed by atoms with Crippen molar-refractivity contribution in [1.82, 2.24) is 24.3 Å². The number of anilines is 1. The third-order valence-electron chi connectivity index (χ3n) is 8.54. The van der Waals surface area contributed by atoms with Gasteiger partial charge < -0.3 is 26.2 Å². The van der Waals surface area contributed by atoms with E-state index in [4.69, 9.17) is 11.5 Å². The summed E-state index contributed by atoms with van der Waals surface area (Å²) in [7, 11) is 0. The molecule has 1 saturated heterocycles. The highest BCUT2D eigenvalue weighted by atomic mass is 35.5. The number of halogens is 1. The molecule has 11 nitrogen and oxygen atoms in total. The fraction of sp³-hybridized carbons (Fsp3) is 0.613. The Morgan fingerprint density at radius 3 is 2.33 bits per heavy atom. The molecule has 5 N–H and O–H groups in total. The van der Waals surface area contributed by atoms with Gasteiger partial charge in [0.1, 0.15) is 5.82 Å². The monoisotopic (exact) mass is 616 g/mol. The number of benzene rings is 1. The lowest BCUT2D eigenvalue weighted by Crippen LogP contribution is -2.58. The van der Waals surface area contributed by atoms with E-state index < -0.39 is 11.2 Å². The molecule has 0 radical (unpaired) electrons. The summed E-state index contributed by atoms with van der Waals surface area (Å²) in [6, 6.07) is 10.0. The Hall–Kier alpha value is -2.99. The topological polar surface area (TPSA) is 143 Å². The summed E-state index contributed by atoms with van der Waals surface area (Å²) in [5, 5.41) is 2.71. The van der Waals surface area contributed by atoms with Gasteiger partial charge in [0, 0.05) is 51.0 Å². The first-order valence-electron chi connectivity index (χ1n) is 15.3. The summed E-state index contributed by atoms with van der Waals surface area (Å²) < 4.78 is 1.46. The van der Waals surface area contributed by atoms with E-state index in [9.17, 15) is 14.4 Å². The minimum absolute atomic E-state index is 0. The Morgan fingerprint density at radius 1 is 1.09 bits per heavy atom. The molecule has 0 spiro atoms. The van der Waals surface area contributed by atoms with Crippen LogP contribution in [0.2, 0.25) is 0 Å². The van der Waals surface area contributed by atoms with Crippen molar-refractivity contribution in [3.8, 4) is 5.69 Å². The van der Waals surface area contributed by atoms with Crippen LogP contribution >= 0.6 is 12.4 Å². The van der Waals surface area contributed by atoms with Crippen LogP contribution in [0.3, 0.4) is 0 Å². The van der Waals surface area contributed by atoms with Crippen molar-refractivity contribution in [2.45, 2.75) is 77.4 Å². The van der Waals surface area contributed by atoms with E-state index in [2.05, 4.69) is 41.2 Å². The number of nitrogens with two attached hydrogens (primary N) is 2. The van der Waals surface area contributed by atoms with Crippen molar-refractivity contribution in [3.05, 3.63) is 52.6 Å². The molecule has 2 fully saturated rings. The van der Waals surface area contributed by atoms with E-state index in [1.807, 2.05) is 12.1 Å². The molecule has 3 atom stereocenters. The van der Waals surface area contributed by atoms with Crippen molar-refractivity contribution in [2.75, 3.05) is 44.6 Å². The average molecular weight is 617 g/mol. The molecule has 1 aromatic carbocycles. The maximum Gasteiger partial charge on any atom is 0.354 e. The highest BCUT2D eigenvalue weighted by Gasteiger charge is 2.31. The molecule has 1 aromatic heterocycles. The second-order valence-corrected chi connectivity index (χ2v) is 12.5. The Labute approximate surface area is 261 Å². The number of amides is 3. The fourth-order valence-electron chi connectivity index (χ4n) is 6.09. The van der Waals surface area contributed by atoms with E-state index >= 15 is 0 Å². The van der Waals surface area contributed by atoms with Gasteiger partial charge in [-0.3, -0.25) is 14.7 Å². The van der Waals surface area contributed by atoms with Gasteiger partial charge in [-0.2, -0.15) is 4.98 Å². The summed E-state index contributed by atoms with van der Waals surface area (Å²) in [4.78, 5) is 47.9. The van der Waals surface area contributed by atoms with Crippen LogP contribution in [0.5, 0.6) is 0 Å². The lowest BCUT2D eigenvalue weighted by Gasteiger charge is -2.37. The van der Waals surface area contributed by atoms with Crippen molar-refractivity contribution in [3.63, 3.8) is 0 Å². The molecule has 3 amide bonds. The minimum atomic E-state index is -0.947. The molecule has 2 aromatic rings. The zero-order valence-electron chi connectivity index (χ0n) is 26.0. The maximum absolute atomic E-state index is 12.8. The lowest BCUT2D eigenvalue weighted by atomic mass is 9.85. The number of nitrogens with one attached hydrogen (secondary N) is 1. The smallest absolute Gasteiger partial charge is 0.338 e. The molecular formula is C31H49ClN8O3. The molecule has 238 valence electrons. The van der Waals surface area contributed by atoms with E-state index in [0.717, 1.165) is 32.4 Å². The third kappa shape index (κ3) is 9.25. The minimum Gasteiger partial charge on any atom is -0.338 e. The van der Waals surface area contributed by atoms with Crippen molar-refractivity contribution >= 4 is 30.2 Å². The number of hydrogen-bond donors (Lipinski definition) is 3. The molecule has 43 heavy (non-hydrogen) atoms. The van der Waals surface area contributed by atoms with E-state index in [0.29, 0.717) is 49.9 Å².